The van der Waals surface area contributed by atoms with Gasteiger partial charge in [0.25, 0.3) is 0 Å². The molecule has 0 aliphatic heterocycles. The lowest BCUT2D eigenvalue weighted by molar-refractivity contribution is -0.196. The summed E-state index contributed by atoms with van der Waals surface area (Å²) in [7, 11) is 0. The lowest BCUT2D eigenvalue weighted by Crippen LogP contribution is -2.41. The highest BCUT2D eigenvalue weighted by Crippen LogP contribution is 2.27. The van der Waals surface area contributed by atoms with E-state index in [9.17, 15) is 14.7 Å². The third-order valence-electron chi connectivity index (χ3n) is 4.03. The molecule has 0 radical (unpaired) electrons. The Balaban J connectivity index is 3.17. The molecular weight excluding hydrogens is 354 g/mol. The van der Waals surface area contributed by atoms with Gasteiger partial charge in [0.2, 0.25) is 5.76 Å². The first kappa shape index (κ1) is 23.1. The molecule has 9 heteroatoms. The Morgan fingerprint density at radius 2 is 1.56 bits per heavy atom. The van der Waals surface area contributed by atoms with Crippen molar-refractivity contribution in [3.8, 4) is 0 Å². The van der Waals surface area contributed by atoms with Crippen LogP contribution >= 0.6 is 0 Å². The maximum Gasteiger partial charge on any atom is 0.326 e. The van der Waals surface area contributed by atoms with Gasteiger partial charge in [-0.05, 0) is 18.3 Å². The summed E-state index contributed by atoms with van der Waals surface area (Å²) in [6.45, 7) is 8.50. The molecule has 2 atom stereocenters. The van der Waals surface area contributed by atoms with Crippen LogP contribution in [-0.4, -0.2) is 34.1 Å². The van der Waals surface area contributed by atoms with Gasteiger partial charge in [-0.3, -0.25) is 9.59 Å². The lowest BCUT2D eigenvalue weighted by Gasteiger charge is -2.22. The Labute approximate surface area is 159 Å². The average Bonchev–Trinajstić information content (AvgIpc) is 3.02. The number of ether oxygens (including phenoxy) is 2. The standard InChI is InChI=1S/C18H31N3O6/c1-6-7-12-21-11(8-22)15(25-12)18(26-16(23)13(19)9(2)3)27-17(24)14(20)10(4)5/h9-10,13-14,18,22H,6-8,19-20H2,1-5H3/t13-,14-/m0/s1. The first-order valence-corrected chi connectivity index (χ1v) is 9.13. The van der Waals surface area contributed by atoms with Crippen molar-refractivity contribution in [2.45, 2.75) is 72.4 Å². The van der Waals surface area contributed by atoms with Crippen LogP contribution in [0.3, 0.4) is 0 Å². The van der Waals surface area contributed by atoms with Gasteiger partial charge in [-0.2, -0.15) is 0 Å². The normalized spacial score (nSPS) is 13.9. The summed E-state index contributed by atoms with van der Waals surface area (Å²) in [4.78, 5) is 28.7. The highest BCUT2D eigenvalue weighted by Gasteiger charge is 2.33. The fraction of sp³-hybridized carbons (Fsp3) is 0.722. The predicted molar refractivity (Wildman–Crippen MR) is 97.0 cm³/mol. The average molecular weight is 385 g/mol. The van der Waals surface area contributed by atoms with Crippen LogP contribution in [0.4, 0.5) is 0 Å². The van der Waals surface area contributed by atoms with Gasteiger partial charge in [-0.1, -0.05) is 34.6 Å². The maximum absolute atomic E-state index is 12.3. The summed E-state index contributed by atoms with van der Waals surface area (Å²) >= 11 is 0. The highest BCUT2D eigenvalue weighted by molar-refractivity contribution is 5.77. The molecule has 1 rings (SSSR count). The Bertz CT molecular complexity index is 601. The minimum Gasteiger partial charge on any atom is -0.437 e. The summed E-state index contributed by atoms with van der Waals surface area (Å²) in [5, 5.41) is 9.56. The van der Waals surface area contributed by atoms with E-state index in [0.29, 0.717) is 12.3 Å². The number of oxazole rings is 1. The quantitative estimate of drug-likeness (QED) is 0.398. The number of aryl methyl sites for hydroxylation is 1. The Morgan fingerprint density at radius 1 is 1.07 bits per heavy atom. The zero-order valence-corrected chi connectivity index (χ0v) is 16.6. The van der Waals surface area contributed by atoms with Crippen LogP contribution in [0.1, 0.15) is 64.7 Å². The first-order chi connectivity index (χ1) is 12.6. The molecule has 5 N–H and O–H groups in total. The molecule has 0 bridgehead atoms. The van der Waals surface area contributed by atoms with Crippen molar-refractivity contribution >= 4 is 11.9 Å². The lowest BCUT2D eigenvalue weighted by atomic mass is 10.1. The van der Waals surface area contributed by atoms with E-state index in [4.69, 9.17) is 25.4 Å². The van der Waals surface area contributed by atoms with E-state index in [0.717, 1.165) is 6.42 Å². The Morgan fingerprint density at radius 3 is 1.93 bits per heavy atom. The fourth-order valence-corrected chi connectivity index (χ4v) is 2.08. The Kier molecular flexibility index (Phi) is 8.87. The molecule has 27 heavy (non-hydrogen) atoms. The molecule has 0 saturated carbocycles. The number of aromatic nitrogens is 1. The first-order valence-electron chi connectivity index (χ1n) is 9.13. The van der Waals surface area contributed by atoms with E-state index >= 15 is 0 Å². The van der Waals surface area contributed by atoms with E-state index in [1.807, 2.05) is 6.92 Å². The second-order valence-electron chi connectivity index (χ2n) is 7.07. The molecule has 0 aliphatic carbocycles. The van der Waals surface area contributed by atoms with Gasteiger partial charge in [0.05, 0.1) is 6.61 Å². The van der Waals surface area contributed by atoms with Crippen molar-refractivity contribution in [1.29, 1.82) is 0 Å². The molecule has 0 spiro atoms. The topological polar surface area (TPSA) is 151 Å². The highest BCUT2D eigenvalue weighted by atomic mass is 16.7. The van der Waals surface area contributed by atoms with Crippen molar-refractivity contribution < 1.29 is 28.6 Å². The van der Waals surface area contributed by atoms with Gasteiger partial charge >= 0.3 is 18.2 Å². The number of rotatable bonds is 10. The van der Waals surface area contributed by atoms with E-state index in [-0.39, 0.29) is 23.3 Å². The number of hydrogen-bond acceptors (Lipinski definition) is 9. The fourth-order valence-electron chi connectivity index (χ4n) is 2.08. The largest absolute Gasteiger partial charge is 0.437 e. The van der Waals surface area contributed by atoms with Crippen LogP contribution in [0.15, 0.2) is 4.42 Å². The number of esters is 2. The van der Waals surface area contributed by atoms with Gasteiger partial charge in [0.15, 0.2) is 5.89 Å². The van der Waals surface area contributed by atoms with Gasteiger partial charge in [-0.15, -0.1) is 0 Å². The molecule has 154 valence electrons. The number of aliphatic hydroxyl groups is 1. The van der Waals surface area contributed by atoms with Crippen LogP contribution in [0.5, 0.6) is 0 Å². The number of nitrogens with zero attached hydrogens (tertiary/aromatic N) is 1. The zero-order chi connectivity index (χ0) is 20.7. The molecule has 0 aromatic carbocycles. The van der Waals surface area contributed by atoms with Gasteiger partial charge in [0, 0.05) is 6.42 Å². The van der Waals surface area contributed by atoms with Crippen LogP contribution in [0.2, 0.25) is 0 Å². The molecule has 1 aromatic rings. The number of carbonyl (C=O) groups is 2. The molecule has 1 aromatic heterocycles. The number of carbonyl (C=O) groups excluding carboxylic acids is 2. The summed E-state index contributed by atoms with van der Waals surface area (Å²) < 4.78 is 16.2. The van der Waals surface area contributed by atoms with E-state index in [1.165, 1.54) is 0 Å². The van der Waals surface area contributed by atoms with Crippen molar-refractivity contribution in [3.63, 3.8) is 0 Å². The van der Waals surface area contributed by atoms with Crippen molar-refractivity contribution in [2.75, 3.05) is 0 Å². The van der Waals surface area contributed by atoms with E-state index < -0.39 is 36.9 Å². The molecule has 0 amide bonds. The van der Waals surface area contributed by atoms with Crippen LogP contribution < -0.4 is 11.5 Å². The molecular formula is C18H31N3O6. The summed E-state index contributed by atoms with van der Waals surface area (Å²) in [6.07, 6.45) is -0.260. The predicted octanol–water partition coefficient (Wildman–Crippen LogP) is 1.17. The smallest absolute Gasteiger partial charge is 0.326 e. The number of aliphatic hydroxyl groups excluding tert-OH is 1. The molecule has 0 fully saturated rings. The molecule has 9 nitrogen and oxygen atoms in total. The van der Waals surface area contributed by atoms with Crippen molar-refractivity contribution in [3.05, 3.63) is 17.3 Å². The van der Waals surface area contributed by atoms with Crippen LogP contribution in [0, 0.1) is 11.8 Å². The maximum atomic E-state index is 12.3. The SMILES string of the molecule is CCCc1nc(CO)c(C(OC(=O)[C@@H](N)C(C)C)OC(=O)[C@@H](N)C(C)C)o1. The van der Waals surface area contributed by atoms with Gasteiger partial charge in [0.1, 0.15) is 17.8 Å². The van der Waals surface area contributed by atoms with Crippen molar-refractivity contribution in [1.82, 2.24) is 4.98 Å². The minimum absolute atomic E-state index is 0.0467. The number of nitrogens with two attached hydrogens (primary N) is 2. The molecule has 0 saturated heterocycles. The molecule has 0 unspecified atom stereocenters. The summed E-state index contributed by atoms with van der Waals surface area (Å²) in [5.41, 5.74) is 11.8. The van der Waals surface area contributed by atoms with Crippen molar-refractivity contribution in [2.24, 2.45) is 23.3 Å². The van der Waals surface area contributed by atoms with Gasteiger partial charge in [-0.25, -0.2) is 4.98 Å². The summed E-state index contributed by atoms with van der Waals surface area (Å²) in [6, 6.07) is -1.83. The third-order valence-corrected chi connectivity index (χ3v) is 4.03. The summed E-state index contributed by atoms with van der Waals surface area (Å²) in [5.74, 6) is -1.61. The van der Waals surface area contributed by atoms with Gasteiger partial charge < -0.3 is 30.5 Å². The molecule has 0 aliphatic rings. The second-order valence-corrected chi connectivity index (χ2v) is 7.07. The zero-order valence-electron chi connectivity index (χ0n) is 16.6. The van der Waals surface area contributed by atoms with Crippen LogP contribution in [-0.2, 0) is 32.1 Å². The van der Waals surface area contributed by atoms with E-state index in [1.54, 1.807) is 27.7 Å². The van der Waals surface area contributed by atoms with E-state index in [2.05, 4.69) is 4.98 Å². The minimum atomic E-state index is -1.53. The number of hydrogen-bond donors (Lipinski definition) is 3. The second kappa shape index (κ2) is 10.4. The third kappa shape index (κ3) is 6.30. The Hall–Kier alpha value is -1.97. The molecule has 1 heterocycles. The monoisotopic (exact) mass is 385 g/mol. The van der Waals surface area contributed by atoms with Crippen LogP contribution in [0.25, 0.3) is 0 Å².